The molecule has 1 N–H and O–H groups in total. The molecule has 0 aromatic rings. The van der Waals surface area contributed by atoms with E-state index in [1.54, 1.807) is 0 Å². The molecule has 0 aliphatic heterocycles. The highest BCUT2D eigenvalue weighted by atomic mass is 16.5. The van der Waals surface area contributed by atoms with Crippen LogP contribution < -0.4 is 5.32 Å². The zero-order valence-electron chi connectivity index (χ0n) is 10.6. The second kappa shape index (κ2) is 6.49. The molecule has 2 nitrogen and oxygen atoms in total. The van der Waals surface area contributed by atoms with Gasteiger partial charge < -0.3 is 10.1 Å². The standard InChI is InChI=1S/C13H27NO/c1-13(2)8-6-12(7-9-13)15-11-5-4-10-14-3/h12,14H,4-11H2,1-3H3. The van der Waals surface area contributed by atoms with Gasteiger partial charge in [0.1, 0.15) is 0 Å². The predicted molar refractivity (Wildman–Crippen MR) is 65.1 cm³/mol. The first kappa shape index (κ1) is 13.0. The third-order valence-corrected chi connectivity index (χ3v) is 3.46. The van der Waals surface area contributed by atoms with Crippen LogP contribution in [0, 0.1) is 5.41 Å². The van der Waals surface area contributed by atoms with E-state index in [1.807, 2.05) is 7.05 Å². The SMILES string of the molecule is CNCCCCOC1CCC(C)(C)CC1. The molecule has 0 amide bonds. The zero-order valence-corrected chi connectivity index (χ0v) is 10.6. The lowest BCUT2D eigenvalue weighted by Crippen LogP contribution is -2.26. The fraction of sp³-hybridized carbons (Fsp3) is 1.00. The summed E-state index contributed by atoms with van der Waals surface area (Å²) in [6, 6.07) is 0. The van der Waals surface area contributed by atoms with E-state index in [4.69, 9.17) is 4.74 Å². The molecule has 0 radical (unpaired) electrons. The molecule has 0 aromatic carbocycles. The molecule has 2 heteroatoms. The summed E-state index contributed by atoms with van der Waals surface area (Å²) in [6.45, 7) is 6.81. The average Bonchev–Trinajstić information content (AvgIpc) is 2.20. The molecule has 0 atom stereocenters. The number of nitrogens with one attached hydrogen (secondary N) is 1. The van der Waals surface area contributed by atoms with Crippen LogP contribution in [-0.2, 0) is 4.74 Å². The van der Waals surface area contributed by atoms with Crippen molar-refractivity contribution in [2.24, 2.45) is 5.41 Å². The van der Waals surface area contributed by atoms with E-state index in [0.717, 1.165) is 13.2 Å². The molecule has 15 heavy (non-hydrogen) atoms. The van der Waals surface area contributed by atoms with E-state index in [0.29, 0.717) is 11.5 Å². The van der Waals surface area contributed by atoms with Crippen LogP contribution in [0.2, 0.25) is 0 Å². The summed E-state index contributed by atoms with van der Waals surface area (Å²) in [7, 11) is 2.00. The molecule has 0 bridgehead atoms. The molecule has 1 saturated carbocycles. The maximum absolute atomic E-state index is 5.90. The molecule has 0 heterocycles. The van der Waals surface area contributed by atoms with Crippen LogP contribution in [0.1, 0.15) is 52.4 Å². The number of unbranched alkanes of at least 4 members (excludes halogenated alkanes) is 1. The summed E-state index contributed by atoms with van der Waals surface area (Å²) in [6.07, 6.45) is 8.16. The minimum atomic E-state index is 0.549. The third kappa shape index (κ3) is 5.53. The fourth-order valence-corrected chi connectivity index (χ4v) is 2.19. The number of rotatable bonds is 6. The zero-order chi connectivity index (χ0) is 11.1. The normalized spacial score (nSPS) is 21.8. The van der Waals surface area contributed by atoms with Crippen molar-refractivity contribution in [3.63, 3.8) is 0 Å². The van der Waals surface area contributed by atoms with E-state index in [2.05, 4.69) is 19.2 Å². The van der Waals surface area contributed by atoms with Crippen LogP contribution in [0.15, 0.2) is 0 Å². The lowest BCUT2D eigenvalue weighted by Gasteiger charge is -2.34. The number of hydrogen-bond donors (Lipinski definition) is 1. The molecule has 0 saturated heterocycles. The van der Waals surface area contributed by atoms with E-state index >= 15 is 0 Å². The third-order valence-electron chi connectivity index (χ3n) is 3.46. The quantitative estimate of drug-likeness (QED) is 0.685. The summed E-state index contributed by atoms with van der Waals surface area (Å²) in [5.74, 6) is 0. The van der Waals surface area contributed by atoms with Crippen LogP contribution in [0.5, 0.6) is 0 Å². The molecule has 1 aliphatic rings. The van der Waals surface area contributed by atoms with Gasteiger partial charge in [0.25, 0.3) is 0 Å². The van der Waals surface area contributed by atoms with E-state index < -0.39 is 0 Å². The fourth-order valence-electron chi connectivity index (χ4n) is 2.19. The van der Waals surface area contributed by atoms with Gasteiger partial charge in [0.15, 0.2) is 0 Å². The van der Waals surface area contributed by atoms with Crippen molar-refractivity contribution in [2.45, 2.75) is 58.5 Å². The molecular weight excluding hydrogens is 186 g/mol. The first-order valence-corrected chi connectivity index (χ1v) is 6.40. The second-order valence-electron chi connectivity index (χ2n) is 5.55. The van der Waals surface area contributed by atoms with Gasteiger partial charge in [-0.3, -0.25) is 0 Å². The van der Waals surface area contributed by atoms with Crippen LogP contribution >= 0.6 is 0 Å². The highest BCUT2D eigenvalue weighted by Crippen LogP contribution is 2.36. The van der Waals surface area contributed by atoms with Gasteiger partial charge in [-0.15, -0.1) is 0 Å². The first-order chi connectivity index (χ1) is 7.14. The summed E-state index contributed by atoms with van der Waals surface area (Å²) < 4.78 is 5.90. The van der Waals surface area contributed by atoms with Crippen LogP contribution in [0.3, 0.4) is 0 Å². The van der Waals surface area contributed by atoms with Gasteiger partial charge in [-0.05, 0) is 57.5 Å². The summed E-state index contributed by atoms with van der Waals surface area (Å²) in [5, 5.41) is 3.16. The molecule has 1 rings (SSSR count). The van der Waals surface area contributed by atoms with Crippen molar-refractivity contribution in [2.75, 3.05) is 20.2 Å². The smallest absolute Gasteiger partial charge is 0.0575 e. The molecule has 0 aromatic heterocycles. The Morgan fingerprint density at radius 2 is 1.87 bits per heavy atom. The Labute approximate surface area is 94.8 Å². The van der Waals surface area contributed by atoms with Crippen molar-refractivity contribution >= 4 is 0 Å². The van der Waals surface area contributed by atoms with Gasteiger partial charge >= 0.3 is 0 Å². The maximum atomic E-state index is 5.90. The molecule has 90 valence electrons. The van der Waals surface area contributed by atoms with Crippen molar-refractivity contribution in [1.29, 1.82) is 0 Å². The molecule has 0 unspecified atom stereocenters. The Hall–Kier alpha value is -0.0800. The van der Waals surface area contributed by atoms with Crippen molar-refractivity contribution in [3.8, 4) is 0 Å². The topological polar surface area (TPSA) is 21.3 Å². The minimum Gasteiger partial charge on any atom is -0.378 e. The largest absolute Gasteiger partial charge is 0.378 e. The van der Waals surface area contributed by atoms with Gasteiger partial charge in [-0.25, -0.2) is 0 Å². The summed E-state index contributed by atoms with van der Waals surface area (Å²) >= 11 is 0. The van der Waals surface area contributed by atoms with Crippen molar-refractivity contribution < 1.29 is 4.74 Å². The monoisotopic (exact) mass is 213 g/mol. The lowest BCUT2D eigenvalue weighted by atomic mass is 9.76. The lowest BCUT2D eigenvalue weighted by molar-refractivity contribution is 0.00296. The minimum absolute atomic E-state index is 0.549. The average molecular weight is 213 g/mol. The van der Waals surface area contributed by atoms with E-state index in [1.165, 1.54) is 38.5 Å². The summed E-state index contributed by atoms with van der Waals surface area (Å²) in [5.41, 5.74) is 0.561. The molecule has 1 aliphatic carbocycles. The Bertz CT molecular complexity index is 158. The van der Waals surface area contributed by atoms with Gasteiger partial charge in [-0.1, -0.05) is 13.8 Å². The predicted octanol–water partition coefficient (Wildman–Crippen LogP) is 2.97. The maximum Gasteiger partial charge on any atom is 0.0575 e. The Balaban J connectivity index is 1.99. The van der Waals surface area contributed by atoms with Crippen molar-refractivity contribution in [1.82, 2.24) is 5.32 Å². The number of hydrogen-bond acceptors (Lipinski definition) is 2. The van der Waals surface area contributed by atoms with Gasteiger partial charge in [0.05, 0.1) is 6.10 Å². The number of ether oxygens (including phenoxy) is 1. The molecular formula is C13H27NO. The summed E-state index contributed by atoms with van der Waals surface area (Å²) in [4.78, 5) is 0. The molecule has 0 spiro atoms. The van der Waals surface area contributed by atoms with Gasteiger partial charge in [-0.2, -0.15) is 0 Å². The van der Waals surface area contributed by atoms with Gasteiger partial charge in [0.2, 0.25) is 0 Å². The highest BCUT2D eigenvalue weighted by molar-refractivity contribution is 4.78. The Morgan fingerprint density at radius 3 is 2.47 bits per heavy atom. The first-order valence-electron chi connectivity index (χ1n) is 6.40. The van der Waals surface area contributed by atoms with Crippen molar-refractivity contribution in [3.05, 3.63) is 0 Å². The van der Waals surface area contributed by atoms with Gasteiger partial charge in [0, 0.05) is 6.61 Å². The van der Waals surface area contributed by atoms with Crippen LogP contribution in [0.4, 0.5) is 0 Å². The van der Waals surface area contributed by atoms with Crippen LogP contribution in [0.25, 0.3) is 0 Å². The Morgan fingerprint density at radius 1 is 1.20 bits per heavy atom. The van der Waals surface area contributed by atoms with Crippen LogP contribution in [-0.4, -0.2) is 26.3 Å². The second-order valence-corrected chi connectivity index (χ2v) is 5.55. The van der Waals surface area contributed by atoms with E-state index in [9.17, 15) is 0 Å². The van der Waals surface area contributed by atoms with E-state index in [-0.39, 0.29) is 0 Å². The Kier molecular flexibility index (Phi) is 5.62. The highest BCUT2D eigenvalue weighted by Gasteiger charge is 2.26. The molecule has 1 fully saturated rings.